The quantitative estimate of drug-likeness (QED) is 0.348. The van der Waals surface area contributed by atoms with Gasteiger partial charge in [-0.3, -0.25) is 4.79 Å². The van der Waals surface area contributed by atoms with Gasteiger partial charge in [0.1, 0.15) is 12.4 Å². The Balaban J connectivity index is 2.05. The van der Waals surface area contributed by atoms with Crippen molar-refractivity contribution in [2.24, 2.45) is 5.10 Å². The van der Waals surface area contributed by atoms with Gasteiger partial charge in [-0.15, -0.1) is 6.42 Å². The zero-order chi connectivity index (χ0) is 20.3. The minimum absolute atomic E-state index is 0.110. The van der Waals surface area contributed by atoms with Crippen LogP contribution < -0.4 is 10.3 Å². The molecule has 28 heavy (non-hydrogen) atoms. The Bertz CT molecular complexity index is 1160. The molecule has 0 aliphatic rings. The largest absolute Gasteiger partial charge is 0.478 e. The number of hydrogen-bond acceptors (Lipinski definition) is 4. The second kappa shape index (κ2) is 8.91. The van der Waals surface area contributed by atoms with Crippen LogP contribution in [0.5, 0.6) is 5.75 Å². The van der Waals surface area contributed by atoms with E-state index in [0.29, 0.717) is 44.0 Å². The van der Waals surface area contributed by atoms with Gasteiger partial charge in [0.2, 0.25) is 0 Å². The average Bonchev–Trinajstić information content (AvgIpc) is 2.67. The molecule has 0 fully saturated rings. The van der Waals surface area contributed by atoms with Crippen LogP contribution in [0.2, 0.25) is 5.02 Å². The summed E-state index contributed by atoms with van der Waals surface area (Å²) in [6.45, 7) is 2.03. The molecule has 2 aromatic carbocycles. The Kier molecular flexibility index (Phi) is 6.55. The summed E-state index contributed by atoms with van der Waals surface area (Å²) in [6, 6.07) is 8.86. The van der Waals surface area contributed by atoms with E-state index in [1.165, 1.54) is 4.68 Å². The Morgan fingerprint density at radius 1 is 1.36 bits per heavy atom. The SMILES string of the molecule is C#CCOc1c(Cl)cc(C=Nn2c(CC)nc3ccc(Br)cc3c2=O)cc1Br. The van der Waals surface area contributed by atoms with Gasteiger partial charge in [0.15, 0.2) is 5.75 Å². The van der Waals surface area contributed by atoms with Gasteiger partial charge < -0.3 is 4.74 Å². The molecule has 0 aliphatic heterocycles. The zero-order valence-corrected chi connectivity index (χ0v) is 18.7. The summed E-state index contributed by atoms with van der Waals surface area (Å²) in [4.78, 5) is 17.4. The molecule has 0 saturated carbocycles. The lowest BCUT2D eigenvalue weighted by Gasteiger charge is -2.09. The summed E-state index contributed by atoms with van der Waals surface area (Å²) in [6.07, 6.45) is 7.32. The van der Waals surface area contributed by atoms with Gasteiger partial charge in [0.25, 0.3) is 5.56 Å². The number of halogens is 3. The van der Waals surface area contributed by atoms with Gasteiger partial charge in [0.05, 0.1) is 26.6 Å². The van der Waals surface area contributed by atoms with Crippen LogP contribution in [-0.4, -0.2) is 22.5 Å². The molecule has 0 radical (unpaired) electrons. The van der Waals surface area contributed by atoms with E-state index in [0.717, 1.165) is 4.47 Å². The van der Waals surface area contributed by atoms with Crippen molar-refractivity contribution in [1.29, 1.82) is 0 Å². The highest BCUT2D eigenvalue weighted by Gasteiger charge is 2.11. The van der Waals surface area contributed by atoms with Gasteiger partial charge in [-0.25, -0.2) is 4.98 Å². The number of nitrogens with zero attached hydrogens (tertiary/aromatic N) is 3. The van der Waals surface area contributed by atoms with Crippen molar-refractivity contribution in [3.63, 3.8) is 0 Å². The van der Waals surface area contributed by atoms with Gasteiger partial charge in [0, 0.05) is 10.9 Å². The van der Waals surface area contributed by atoms with E-state index < -0.39 is 0 Å². The Labute approximate surface area is 183 Å². The van der Waals surface area contributed by atoms with Crippen LogP contribution in [0.25, 0.3) is 10.9 Å². The van der Waals surface area contributed by atoms with Crippen LogP contribution in [0.1, 0.15) is 18.3 Å². The molecule has 3 rings (SSSR count). The first kappa shape index (κ1) is 20.6. The van der Waals surface area contributed by atoms with Crippen LogP contribution in [0.4, 0.5) is 0 Å². The summed E-state index contributed by atoms with van der Waals surface area (Å²) < 4.78 is 8.17. The molecule has 0 atom stereocenters. The van der Waals surface area contributed by atoms with Gasteiger partial charge in [-0.05, 0) is 51.8 Å². The standard InChI is InChI=1S/C20H14Br2ClN3O2/c1-3-7-28-19-15(22)8-12(9-16(19)23)11-24-26-18(4-2)25-17-6-5-13(21)10-14(17)20(26)27/h1,5-6,8-11H,4,7H2,2H3. The lowest BCUT2D eigenvalue weighted by molar-refractivity contribution is 0.368. The predicted molar refractivity (Wildman–Crippen MR) is 120 cm³/mol. The van der Waals surface area contributed by atoms with E-state index in [2.05, 4.69) is 47.9 Å². The number of fused-ring (bicyclic) bond motifs is 1. The first-order valence-corrected chi connectivity index (χ1v) is 10.2. The predicted octanol–water partition coefficient (Wildman–Crippen LogP) is 5.03. The van der Waals surface area contributed by atoms with Gasteiger partial charge in [-0.2, -0.15) is 9.78 Å². The van der Waals surface area contributed by atoms with Crippen LogP contribution >= 0.6 is 43.5 Å². The van der Waals surface area contributed by atoms with E-state index in [4.69, 9.17) is 22.8 Å². The third-order valence-corrected chi connectivity index (χ3v) is 5.20. The number of benzene rings is 2. The lowest BCUT2D eigenvalue weighted by Crippen LogP contribution is -2.22. The fraction of sp³-hybridized carbons (Fsp3) is 0.150. The molecule has 1 aromatic heterocycles. The number of aromatic nitrogens is 2. The minimum atomic E-state index is -0.237. The summed E-state index contributed by atoms with van der Waals surface area (Å²) in [5.74, 6) is 3.42. The molecule has 5 nitrogen and oxygen atoms in total. The van der Waals surface area contributed by atoms with Crippen molar-refractivity contribution in [2.45, 2.75) is 13.3 Å². The highest BCUT2D eigenvalue weighted by Crippen LogP contribution is 2.34. The van der Waals surface area contributed by atoms with Crippen LogP contribution in [0.15, 0.2) is 49.2 Å². The third kappa shape index (κ3) is 4.30. The molecule has 8 heteroatoms. The van der Waals surface area contributed by atoms with Gasteiger partial charge in [-0.1, -0.05) is 40.4 Å². The number of terminal acetylenes is 1. The number of hydrogen-bond donors (Lipinski definition) is 0. The minimum Gasteiger partial charge on any atom is -0.478 e. The van der Waals surface area contributed by atoms with Crippen LogP contribution in [0.3, 0.4) is 0 Å². The Hall–Kier alpha value is -2.14. The fourth-order valence-electron chi connectivity index (χ4n) is 2.57. The summed E-state index contributed by atoms with van der Waals surface area (Å²) in [5, 5.41) is 5.22. The molecule has 0 amide bonds. The van der Waals surface area contributed by atoms with Crippen LogP contribution in [-0.2, 0) is 6.42 Å². The molecule has 0 saturated heterocycles. The first-order valence-electron chi connectivity index (χ1n) is 8.25. The molecule has 0 bridgehead atoms. The molecule has 3 aromatic rings. The Morgan fingerprint density at radius 2 is 2.14 bits per heavy atom. The molecule has 0 aliphatic carbocycles. The van der Waals surface area contributed by atoms with E-state index in [1.54, 1.807) is 30.5 Å². The zero-order valence-electron chi connectivity index (χ0n) is 14.7. The number of aryl methyl sites for hydroxylation is 1. The second-order valence-electron chi connectivity index (χ2n) is 5.71. The summed E-state index contributed by atoms with van der Waals surface area (Å²) >= 11 is 13.1. The lowest BCUT2D eigenvalue weighted by atomic mass is 10.2. The number of ether oxygens (including phenoxy) is 1. The van der Waals surface area contributed by atoms with Crippen molar-refractivity contribution in [3.05, 3.63) is 66.0 Å². The van der Waals surface area contributed by atoms with Crippen molar-refractivity contribution < 1.29 is 4.74 Å². The average molecular weight is 524 g/mol. The maximum absolute atomic E-state index is 12.9. The highest BCUT2D eigenvalue weighted by atomic mass is 79.9. The highest BCUT2D eigenvalue weighted by molar-refractivity contribution is 9.10. The van der Waals surface area contributed by atoms with E-state index in [1.807, 2.05) is 13.0 Å². The molecular weight excluding hydrogens is 510 g/mol. The molecule has 1 heterocycles. The Morgan fingerprint density at radius 3 is 2.82 bits per heavy atom. The van der Waals surface area contributed by atoms with E-state index in [-0.39, 0.29) is 12.2 Å². The molecule has 0 unspecified atom stereocenters. The third-order valence-electron chi connectivity index (χ3n) is 3.83. The van der Waals surface area contributed by atoms with Gasteiger partial charge >= 0.3 is 0 Å². The first-order chi connectivity index (χ1) is 13.4. The van der Waals surface area contributed by atoms with Crippen molar-refractivity contribution in [3.8, 4) is 18.1 Å². The van der Waals surface area contributed by atoms with E-state index >= 15 is 0 Å². The topological polar surface area (TPSA) is 56.5 Å². The molecular formula is C20H14Br2ClN3O2. The fourth-order valence-corrected chi connectivity index (χ4v) is 3.92. The smallest absolute Gasteiger partial charge is 0.282 e. The van der Waals surface area contributed by atoms with Crippen LogP contribution in [0, 0.1) is 12.3 Å². The normalized spacial score (nSPS) is 11.1. The maximum atomic E-state index is 12.9. The van der Waals surface area contributed by atoms with Crippen molar-refractivity contribution >= 4 is 60.6 Å². The summed E-state index contributed by atoms with van der Waals surface area (Å²) in [7, 11) is 0. The van der Waals surface area contributed by atoms with Crippen molar-refractivity contribution in [2.75, 3.05) is 6.61 Å². The molecule has 0 N–H and O–H groups in total. The molecule has 142 valence electrons. The van der Waals surface area contributed by atoms with E-state index in [9.17, 15) is 4.79 Å². The molecule has 0 spiro atoms. The van der Waals surface area contributed by atoms with Crippen molar-refractivity contribution in [1.82, 2.24) is 9.66 Å². The monoisotopic (exact) mass is 521 g/mol. The maximum Gasteiger partial charge on any atom is 0.282 e. The second-order valence-corrected chi connectivity index (χ2v) is 7.89. The summed E-state index contributed by atoms with van der Waals surface area (Å²) in [5.41, 5.74) is 1.09. The number of rotatable bonds is 5.